The number of rotatable bonds is 7. The first-order valence-electron chi connectivity index (χ1n) is 5.84. The minimum absolute atomic E-state index is 0.310. The topological polar surface area (TPSA) is 39.9 Å². The summed E-state index contributed by atoms with van der Waals surface area (Å²) >= 11 is 5.95. The van der Waals surface area contributed by atoms with Crippen LogP contribution in [0.5, 0.6) is 0 Å². The van der Waals surface area contributed by atoms with Gasteiger partial charge in [-0.3, -0.25) is 0 Å². The van der Waals surface area contributed by atoms with Crippen LogP contribution >= 0.6 is 11.6 Å². The van der Waals surface area contributed by atoms with Crippen molar-refractivity contribution in [1.29, 1.82) is 0 Å². The van der Waals surface area contributed by atoms with Crippen LogP contribution in [0, 0.1) is 0 Å². The summed E-state index contributed by atoms with van der Waals surface area (Å²) in [5.41, 5.74) is 0. The normalized spacial score (nSPS) is 11.3. The first-order valence-corrected chi connectivity index (χ1v) is 6.22. The maximum absolute atomic E-state index is 5.95. The highest BCUT2D eigenvalue weighted by atomic mass is 35.5. The second kappa shape index (κ2) is 6.86. The maximum Gasteiger partial charge on any atom is 0.225 e. The van der Waals surface area contributed by atoms with Crippen LogP contribution in [0.4, 0.5) is 0 Å². The van der Waals surface area contributed by atoms with Crippen molar-refractivity contribution < 1.29 is 4.74 Å². The van der Waals surface area contributed by atoms with Crippen molar-refractivity contribution >= 4 is 11.6 Å². The number of hydrogen-bond donors (Lipinski definition) is 0. The molecule has 0 aliphatic heterocycles. The fraction of sp³-hybridized carbons (Fsp3) is 0.818. The Balaban J connectivity index is 2.28. The molecule has 1 aromatic rings. The van der Waals surface area contributed by atoms with Gasteiger partial charge in [-0.15, -0.1) is 10.2 Å². The molecule has 92 valence electrons. The molecule has 1 aromatic heterocycles. The average Bonchev–Trinajstić information content (AvgIpc) is 2.59. The van der Waals surface area contributed by atoms with Crippen LogP contribution in [0.25, 0.3) is 0 Å². The van der Waals surface area contributed by atoms with Crippen LogP contribution in [-0.4, -0.2) is 27.5 Å². The zero-order chi connectivity index (χ0) is 12.0. The number of hydrogen-bond acceptors (Lipinski definition) is 3. The molecular weight excluding hydrogens is 226 g/mol. The molecule has 0 unspecified atom stereocenters. The first kappa shape index (κ1) is 13.5. The first-order chi connectivity index (χ1) is 7.65. The largest absolute Gasteiger partial charge is 0.379 e. The lowest BCUT2D eigenvalue weighted by atomic mass is 10.3. The number of ether oxygens (including phenoxy) is 1. The highest BCUT2D eigenvalue weighted by Gasteiger charge is 2.07. The summed E-state index contributed by atoms with van der Waals surface area (Å²) in [4.78, 5) is 0. The molecule has 0 spiro atoms. The van der Waals surface area contributed by atoms with Gasteiger partial charge in [-0.25, -0.2) is 0 Å². The molecule has 1 rings (SSSR count). The number of aromatic nitrogens is 3. The smallest absolute Gasteiger partial charge is 0.225 e. The van der Waals surface area contributed by atoms with Crippen molar-refractivity contribution in [3.05, 3.63) is 11.1 Å². The van der Waals surface area contributed by atoms with Gasteiger partial charge in [-0.2, -0.15) is 0 Å². The lowest BCUT2D eigenvalue weighted by Gasteiger charge is -2.08. The Morgan fingerprint density at radius 1 is 1.31 bits per heavy atom. The second-order valence-electron chi connectivity index (χ2n) is 4.02. The quantitative estimate of drug-likeness (QED) is 0.694. The van der Waals surface area contributed by atoms with Gasteiger partial charge in [0.15, 0.2) is 0 Å². The van der Waals surface area contributed by atoms with Crippen molar-refractivity contribution in [2.45, 2.75) is 52.7 Å². The second-order valence-corrected chi connectivity index (χ2v) is 4.36. The number of halogens is 1. The van der Waals surface area contributed by atoms with Crippen molar-refractivity contribution in [3.8, 4) is 0 Å². The van der Waals surface area contributed by atoms with E-state index in [1.807, 2.05) is 18.4 Å². The summed E-state index contributed by atoms with van der Waals surface area (Å²) in [6.07, 6.45) is 3.25. The van der Waals surface area contributed by atoms with Gasteiger partial charge in [-0.05, 0) is 38.3 Å². The molecule has 1 heterocycles. The summed E-state index contributed by atoms with van der Waals surface area (Å²) in [6.45, 7) is 7.83. The minimum atomic E-state index is 0.310. The van der Waals surface area contributed by atoms with Crippen LogP contribution in [-0.2, 0) is 17.7 Å². The van der Waals surface area contributed by atoms with Crippen LogP contribution in [0.3, 0.4) is 0 Å². The van der Waals surface area contributed by atoms with Crippen LogP contribution in [0.1, 0.15) is 39.4 Å². The molecule has 5 heteroatoms. The Bertz CT molecular complexity index is 312. The van der Waals surface area contributed by atoms with Gasteiger partial charge in [0.25, 0.3) is 0 Å². The molecule has 0 aliphatic rings. The molecule has 0 fully saturated rings. The van der Waals surface area contributed by atoms with E-state index in [4.69, 9.17) is 16.3 Å². The molecule has 16 heavy (non-hydrogen) atoms. The third-order valence-corrected chi connectivity index (χ3v) is 2.61. The van der Waals surface area contributed by atoms with E-state index in [1.165, 1.54) is 0 Å². The predicted molar refractivity (Wildman–Crippen MR) is 64.7 cm³/mol. The van der Waals surface area contributed by atoms with E-state index >= 15 is 0 Å². The maximum atomic E-state index is 5.95. The van der Waals surface area contributed by atoms with E-state index in [-0.39, 0.29) is 0 Å². The van der Waals surface area contributed by atoms with Crippen LogP contribution in [0.2, 0.25) is 5.28 Å². The van der Waals surface area contributed by atoms with Crippen LogP contribution < -0.4 is 0 Å². The van der Waals surface area contributed by atoms with E-state index < -0.39 is 0 Å². The molecule has 0 N–H and O–H groups in total. The van der Waals surface area contributed by atoms with E-state index in [9.17, 15) is 0 Å². The Morgan fingerprint density at radius 3 is 2.69 bits per heavy atom. The van der Waals surface area contributed by atoms with Gasteiger partial charge < -0.3 is 9.30 Å². The summed E-state index contributed by atoms with van der Waals surface area (Å²) in [6, 6.07) is 0. The SMILES string of the molecule is CCc1nnc(Cl)n1CCCCOC(C)C. The number of aryl methyl sites for hydroxylation is 1. The lowest BCUT2D eigenvalue weighted by Crippen LogP contribution is -2.07. The van der Waals surface area contributed by atoms with Crippen molar-refractivity contribution in [3.63, 3.8) is 0 Å². The Morgan fingerprint density at radius 2 is 2.06 bits per heavy atom. The lowest BCUT2D eigenvalue weighted by molar-refractivity contribution is 0.0754. The average molecular weight is 246 g/mol. The summed E-state index contributed by atoms with van der Waals surface area (Å²) < 4.78 is 7.44. The van der Waals surface area contributed by atoms with Crippen molar-refractivity contribution in [2.24, 2.45) is 0 Å². The van der Waals surface area contributed by atoms with Gasteiger partial charge in [-0.1, -0.05) is 6.92 Å². The fourth-order valence-electron chi connectivity index (χ4n) is 1.49. The third kappa shape index (κ3) is 4.10. The number of unbranched alkanes of at least 4 members (excludes halogenated alkanes) is 1. The molecule has 4 nitrogen and oxygen atoms in total. The summed E-state index contributed by atoms with van der Waals surface area (Å²) in [7, 11) is 0. The van der Waals surface area contributed by atoms with Gasteiger partial charge >= 0.3 is 0 Å². The molecular formula is C11H20ClN3O. The van der Waals surface area contributed by atoms with E-state index in [1.54, 1.807) is 0 Å². The van der Waals surface area contributed by atoms with Crippen molar-refractivity contribution in [2.75, 3.05) is 6.61 Å². The molecule has 0 atom stereocenters. The molecule has 0 radical (unpaired) electrons. The van der Waals surface area contributed by atoms with E-state index in [2.05, 4.69) is 17.1 Å². The van der Waals surface area contributed by atoms with Gasteiger partial charge in [0.1, 0.15) is 5.82 Å². The zero-order valence-corrected chi connectivity index (χ0v) is 11.0. The number of nitrogens with zero attached hydrogens (tertiary/aromatic N) is 3. The predicted octanol–water partition coefficient (Wildman–Crippen LogP) is 2.70. The monoisotopic (exact) mass is 245 g/mol. The fourth-order valence-corrected chi connectivity index (χ4v) is 1.71. The summed E-state index contributed by atoms with van der Waals surface area (Å²) in [5, 5.41) is 8.36. The minimum Gasteiger partial charge on any atom is -0.379 e. The molecule has 0 bridgehead atoms. The zero-order valence-electron chi connectivity index (χ0n) is 10.2. The third-order valence-electron chi connectivity index (χ3n) is 2.33. The molecule has 0 saturated heterocycles. The van der Waals surface area contributed by atoms with E-state index in [0.29, 0.717) is 11.4 Å². The molecule has 0 amide bonds. The highest BCUT2D eigenvalue weighted by molar-refractivity contribution is 6.28. The Kier molecular flexibility index (Phi) is 5.77. The van der Waals surface area contributed by atoms with Crippen LogP contribution in [0.15, 0.2) is 0 Å². The summed E-state index contributed by atoms with van der Waals surface area (Å²) in [5.74, 6) is 0.953. The van der Waals surface area contributed by atoms with E-state index in [0.717, 1.165) is 38.2 Å². The van der Waals surface area contributed by atoms with Crippen molar-refractivity contribution in [1.82, 2.24) is 14.8 Å². The standard InChI is InChI=1S/C11H20ClN3O/c1-4-10-13-14-11(12)15(10)7-5-6-8-16-9(2)3/h9H,4-8H2,1-3H3. The van der Waals surface area contributed by atoms with Gasteiger partial charge in [0.05, 0.1) is 6.10 Å². The molecule has 0 aromatic carbocycles. The molecule has 0 saturated carbocycles. The highest BCUT2D eigenvalue weighted by Crippen LogP contribution is 2.10. The molecule has 0 aliphatic carbocycles. The Labute approximate surface area is 102 Å². The van der Waals surface area contributed by atoms with Gasteiger partial charge in [0.2, 0.25) is 5.28 Å². The Hall–Kier alpha value is -0.610. The van der Waals surface area contributed by atoms with Gasteiger partial charge in [0, 0.05) is 19.6 Å².